The van der Waals surface area contributed by atoms with Crippen LogP contribution in [-0.4, -0.2) is 42.1 Å². The summed E-state index contributed by atoms with van der Waals surface area (Å²) < 4.78 is 10.2. The first-order chi connectivity index (χ1) is 9.99. The minimum Gasteiger partial charge on any atom is -0.450 e. The monoisotopic (exact) mass is 291 g/mol. The number of hydrogen-bond acceptors (Lipinski definition) is 5. The molecule has 1 heterocycles. The lowest BCUT2D eigenvalue weighted by Crippen LogP contribution is -2.35. The van der Waals surface area contributed by atoms with E-state index in [2.05, 4.69) is 10.3 Å². The van der Waals surface area contributed by atoms with Gasteiger partial charge in [-0.25, -0.2) is 9.78 Å². The molecule has 21 heavy (non-hydrogen) atoms. The number of aromatic nitrogens is 1. The van der Waals surface area contributed by atoms with Crippen LogP contribution in [0.25, 0.3) is 11.1 Å². The first-order valence-electron chi connectivity index (χ1n) is 6.54. The maximum atomic E-state index is 11.9. The molecule has 0 spiro atoms. The highest BCUT2D eigenvalue weighted by Gasteiger charge is 2.14. The van der Waals surface area contributed by atoms with E-state index < -0.39 is 6.09 Å². The third-order valence-corrected chi connectivity index (χ3v) is 2.74. The molecule has 0 bridgehead atoms. The molecule has 0 aliphatic carbocycles. The predicted octanol–water partition coefficient (Wildman–Crippen LogP) is 2.16. The second kappa shape index (κ2) is 6.25. The van der Waals surface area contributed by atoms with Crippen molar-refractivity contribution in [1.82, 2.24) is 9.88 Å². The number of oxazole rings is 1. The van der Waals surface area contributed by atoms with Crippen LogP contribution in [0.4, 0.5) is 10.5 Å². The number of ether oxygens (including phenoxy) is 1. The van der Waals surface area contributed by atoms with E-state index in [-0.39, 0.29) is 19.1 Å². The van der Waals surface area contributed by atoms with E-state index >= 15 is 0 Å². The first-order valence-corrected chi connectivity index (χ1v) is 6.54. The molecule has 1 aromatic heterocycles. The largest absolute Gasteiger partial charge is 0.450 e. The number of amides is 2. The van der Waals surface area contributed by atoms with Gasteiger partial charge in [0.25, 0.3) is 0 Å². The molecule has 1 aromatic carbocycles. The summed E-state index contributed by atoms with van der Waals surface area (Å²) in [5, 5.41) is 2.70. The normalized spacial score (nSPS) is 10.4. The van der Waals surface area contributed by atoms with Crippen LogP contribution in [0.15, 0.2) is 22.6 Å². The number of likely N-dealkylation sites (N-methyl/N-ethyl adjacent to an activating group) is 1. The molecule has 0 saturated carbocycles. The van der Waals surface area contributed by atoms with Crippen LogP contribution in [0.1, 0.15) is 12.8 Å². The van der Waals surface area contributed by atoms with Crippen LogP contribution >= 0.6 is 0 Å². The average molecular weight is 291 g/mol. The van der Waals surface area contributed by atoms with E-state index in [1.54, 1.807) is 32.0 Å². The molecule has 2 amide bonds. The molecule has 7 nitrogen and oxygen atoms in total. The Balaban J connectivity index is 1.99. The molecule has 7 heteroatoms. The van der Waals surface area contributed by atoms with E-state index in [1.165, 1.54) is 11.9 Å². The second-order valence-corrected chi connectivity index (χ2v) is 4.52. The number of anilines is 1. The Labute approximate surface area is 121 Å². The Morgan fingerprint density at radius 2 is 2.19 bits per heavy atom. The van der Waals surface area contributed by atoms with Gasteiger partial charge in [-0.2, -0.15) is 0 Å². The van der Waals surface area contributed by atoms with Crippen molar-refractivity contribution < 1.29 is 18.7 Å². The summed E-state index contributed by atoms with van der Waals surface area (Å²) in [6, 6.07) is 5.17. The fraction of sp³-hybridized carbons (Fsp3) is 0.357. The highest BCUT2D eigenvalue weighted by molar-refractivity contribution is 5.95. The van der Waals surface area contributed by atoms with Crippen LogP contribution in [0.2, 0.25) is 0 Å². The zero-order chi connectivity index (χ0) is 15.4. The van der Waals surface area contributed by atoms with Crippen LogP contribution < -0.4 is 5.32 Å². The van der Waals surface area contributed by atoms with Gasteiger partial charge >= 0.3 is 6.09 Å². The fourth-order valence-corrected chi connectivity index (χ4v) is 1.83. The molecule has 0 radical (unpaired) electrons. The van der Waals surface area contributed by atoms with Gasteiger partial charge in [0.2, 0.25) is 5.91 Å². The molecular weight excluding hydrogens is 274 g/mol. The van der Waals surface area contributed by atoms with Crippen LogP contribution in [0, 0.1) is 6.92 Å². The Kier molecular flexibility index (Phi) is 4.42. The van der Waals surface area contributed by atoms with Gasteiger partial charge in [0, 0.05) is 19.7 Å². The minimum atomic E-state index is -0.532. The number of aryl methyl sites for hydroxylation is 1. The van der Waals surface area contributed by atoms with Crippen molar-refractivity contribution in [1.29, 1.82) is 0 Å². The lowest BCUT2D eigenvalue weighted by Gasteiger charge is -2.15. The third-order valence-electron chi connectivity index (χ3n) is 2.74. The number of rotatable bonds is 4. The van der Waals surface area contributed by atoms with Crippen LogP contribution in [0.3, 0.4) is 0 Å². The minimum absolute atomic E-state index is 0.0886. The Morgan fingerprint density at radius 1 is 1.43 bits per heavy atom. The fourth-order valence-electron chi connectivity index (χ4n) is 1.83. The molecule has 0 aliphatic rings. The van der Waals surface area contributed by atoms with Crippen molar-refractivity contribution in [3.05, 3.63) is 24.1 Å². The SMILES string of the molecule is CCOC(=O)N(C)CC(=O)Nc1ccc2oc(C)nc2c1. The number of carbonyl (C=O) groups excluding carboxylic acids is 2. The van der Waals surface area contributed by atoms with Crippen molar-refractivity contribution in [3.8, 4) is 0 Å². The van der Waals surface area contributed by atoms with Crippen molar-refractivity contribution in [2.75, 3.05) is 25.5 Å². The van der Waals surface area contributed by atoms with E-state index in [9.17, 15) is 9.59 Å². The number of nitrogens with one attached hydrogen (secondary N) is 1. The molecule has 0 aliphatic heterocycles. The highest BCUT2D eigenvalue weighted by atomic mass is 16.6. The summed E-state index contributed by atoms with van der Waals surface area (Å²) in [4.78, 5) is 28.7. The van der Waals surface area contributed by atoms with Gasteiger partial charge in [-0.05, 0) is 25.1 Å². The predicted molar refractivity (Wildman–Crippen MR) is 77.0 cm³/mol. The molecule has 2 rings (SSSR count). The molecule has 0 fully saturated rings. The van der Waals surface area contributed by atoms with Crippen molar-refractivity contribution >= 4 is 28.8 Å². The van der Waals surface area contributed by atoms with Crippen molar-refractivity contribution in [3.63, 3.8) is 0 Å². The van der Waals surface area contributed by atoms with Gasteiger partial charge in [0.15, 0.2) is 11.5 Å². The maximum Gasteiger partial charge on any atom is 0.409 e. The topological polar surface area (TPSA) is 84.7 Å². The summed E-state index contributed by atoms with van der Waals surface area (Å²) in [5.74, 6) is 0.251. The van der Waals surface area contributed by atoms with Gasteiger partial charge in [-0.3, -0.25) is 4.79 Å². The second-order valence-electron chi connectivity index (χ2n) is 4.52. The summed E-state index contributed by atoms with van der Waals surface area (Å²) in [5.41, 5.74) is 1.93. The maximum absolute atomic E-state index is 11.9. The zero-order valence-corrected chi connectivity index (χ0v) is 12.2. The van der Waals surface area contributed by atoms with Gasteiger partial charge in [-0.1, -0.05) is 0 Å². The Bertz CT molecular complexity index is 665. The third kappa shape index (κ3) is 3.71. The molecule has 2 aromatic rings. The molecule has 0 unspecified atom stereocenters. The smallest absolute Gasteiger partial charge is 0.409 e. The molecule has 112 valence electrons. The van der Waals surface area contributed by atoms with E-state index in [4.69, 9.17) is 9.15 Å². The summed E-state index contributed by atoms with van der Waals surface area (Å²) in [6.45, 7) is 3.65. The van der Waals surface area contributed by atoms with Crippen molar-refractivity contribution in [2.45, 2.75) is 13.8 Å². The van der Waals surface area contributed by atoms with Crippen LogP contribution in [-0.2, 0) is 9.53 Å². The first kappa shape index (κ1) is 14.8. The van der Waals surface area contributed by atoms with Gasteiger partial charge in [-0.15, -0.1) is 0 Å². The van der Waals surface area contributed by atoms with E-state index in [0.717, 1.165) is 0 Å². The standard InChI is InChI=1S/C14H17N3O4/c1-4-20-14(19)17(3)8-13(18)16-10-5-6-12-11(7-10)15-9(2)21-12/h5-7H,4,8H2,1-3H3,(H,16,18). The van der Waals surface area contributed by atoms with Gasteiger partial charge in [0.05, 0.1) is 6.61 Å². The Hall–Kier alpha value is -2.57. The number of nitrogens with zero attached hydrogens (tertiary/aromatic N) is 2. The Morgan fingerprint density at radius 3 is 2.90 bits per heavy atom. The van der Waals surface area contributed by atoms with Crippen molar-refractivity contribution in [2.24, 2.45) is 0 Å². The summed E-state index contributed by atoms with van der Waals surface area (Å²) in [6.07, 6.45) is -0.532. The highest BCUT2D eigenvalue weighted by Crippen LogP contribution is 2.19. The van der Waals surface area contributed by atoms with E-state index in [1.807, 2.05) is 0 Å². The number of hydrogen-bond donors (Lipinski definition) is 1. The number of fused-ring (bicyclic) bond motifs is 1. The van der Waals surface area contributed by atoms with E-state index in [0.29, 0.717) is 22.7 Å². The average Bonchev–Trinajstić information content (AvgIpc) is 2.78. The summed E-state index contributed by atoms with van der Waals surface area (Å²) >= 11 is 0. The number of carbonyl (C=O) groups is 2. The molecule has 0 saturated heterocycles. The molecule has 1 N–H and O–H groups in total. The molecule has 0 atom stereocenters. The quantitative estimate of drug-likeness (QED) is 0.933. The lowest BCUT2D eigenvalue weighted by atomic mass is 10.3. The van der Waals surface area contributed by atoms with Crippen LogP contribution in [0.5, 0.6) is 0 Å². The number of benzene rings is 1. The van der Waals surface area contributed by atoms with Gasteiger partial charge in [0.1, 0.15) is 12.1 Å². The zero-order valence-electron chi connectivity index (χ0n) is 12.2. The lowest BCUT2D eigenvalue weighted by molar-refractivity contribution is -0.116. The molecular formula is C14H17N3O4. The summed E-state index contributed by atoms with van der Waals surface area (Å²) in [7, 11) is 1.50. The van der Waals surface area contributed by atoms with Gasteiger partial charge < -0.3 is 19.4 Å².